The Morgan fingerprint density at radius 2 is 2.18 bits per heavy atom. The lowest BCUT2D eigenvalue weighted by atomic mass is 9.89. The van der Waals surface area contributed by atoms with E-state index in [1.165, 1.54) is 24.0 Å². The third kappa shape index (κ3) is 2.20. The number of hydrogen-bond acceptors (Lipinski definition) is 2. The molecule has 1 amide bonds. The van der Waals surface area contributed by atoms with Gasteiger partial charge in [-0.15, -0.1) is 0 Å². The fourth-order valence-corrected chi connectivity index (χ4v) is 2.79. The number of hydrogen-bond donors (Lipinski definition) is 2. The Balaban J connectivity index is 1.85. The van der Waals surface area contributed by atoms with Gasteiger partial charge in [-0.1, -0.05) is 12.1 Å². The normalized spacial score (nSPS) is 24.0. The van der Waals surface area contributed by atoms with Crippen molar-refractivity contribution < 1.29 is 4.79 Å². The van der Waals surface area contributed by atoms with E-state index in [2.05, 4.69) is 28.8 Å². The van der Waals surface area contributed by atoms with Crippen LogP contribution in [0.2, 0.25) is 0 Å². The maximum atomic E-state index is 11.3. The van der Waals surface area contributed by atoms with Gasteiger partial charge in [0.05, 0.1) is 0 Å². The number of fused-ring (bicyclic) bond motifs is 1. The molecule has 0 aliphatic carbocycles. The predicted molar refractivity (Wildman–Crippen MR) is 68.2 cm³/mol. The summed E-state index contributed by atoms with van der Waals surface area (Å²) < 4.78 is 0. The van der Waals surface area contributed by atoms with E-state index in [4.69, 9.17) is 0 Å². The average Bonchev–Trinajstić information content (AvgIpc) is 2.39. The van der Waals surface area contributed by atoms with Gasteiger partial charge in [-0.3, -0.25) is 4.79 Å². The molecule has 3 nitrogen and oxygen atoms in total. The van der Waals surface area contributed by atoms with Crippen LogP contribution in [0.3, 0.4) is 0 Å². The van der Waals surface area contributed by atoms with Crippen LogP contribution in [0.5, 0.6) is 0 Å². The molecule has 1 aromatic rings. The summed E-state index contributed by atoms with van der Waals surface area (Å²) >= 11 is 0. The van der Waals surface area contributed by atoms with Crippen molar-refractivity contribution in [3.05, 3.63) is 29.3 Å². The third-order valence-corrected chi connectivity index (χ3v) is 3.79. The first kappa shape index (κ1) is 10.8. The molecule has 2 heterocycles. The summed E-state index contributed by atoms with van der Waals surface area (Å²) in [5.41, 5.74) is 3.73. The Morgan fingerprint density at radius 3 is 3.00 bits per heavy atom. The largest absolute Gasteiger partial charge is 0.326 e. The van der Waals surface area contributed by atoms with Crippen molar-refractivity contribution in [3.8, 4) is 0 Å². The van der Waals surface area contributed by atoms with Gasteiger partial charge < -0.3 is 10.6 Å². The molecule has 1 atom stereocenters. The number of nitrogens with one attached hydrogen (secondary N) is 2. The van der Waals surface area contributed by atoms with E-state index in [1.807, 2.05) is 0 Å². The summed E-state index contributed by atoms with van der Waals surface area (Å²) in [6.07, 6.45) is 4.05. The summed E-state index contributed by atoms with van der Waals surface area (Å²) in [6, 6.07) is 6.52. The fourth-order valence-electron chi connectivity index (χ4n) is 2.79. The zero-order valence-electron chi connectivity index (χ0n) is 9.96. The van der Waals surface area contributed by atoms with E-state index in [0.717, 1.165) is 25.2 Å². The van der Waals surface area contributed by atoms with Gasteiger partial charge in [-0.05, 0) is 48.9 Å². The van der Waals surface area contributed by atoms with Gasteiger partial charge >= 0.3 is 0 Å². The minimum atomic E-state index is 0.143. The molecular weight excluding hydrogens is 212 g/mol. The van der Waals surface area contributed by atoms with Crippen molar-refractivity contribution in [2.75, 3.05) is 18.4 Å². The molecular formula is C14H18N2O. The van der Waals surface area contributed by atoms with Gasteiger partial charge in [0.1, 0.15) is 0 Å². The highest BCUT2D eigenvalue weighted by Crippen LogP contribution is 2.29. The molecule has 3 heteroatoms. The van der Waals surface area contributed by atoms with Gasteiger partial charge in [0.25, 0.3) is 0 Å². The van der Waals surface area contributed by atoms with E-state index >= 15 is 0 Å². The zero-order valence-corrected chi connectivity index (χ0v) is 9.96. The molecule has 0 bridgehead atoms. The molecule has 2 aliphatic rings. The van der Waals surface area contributed by atoms with Gasteiger partial charge in [0, 0.05) is 18.7 Å². The van der Waals surface area contributed by atoms with E-state index in [9.17, 15) is 4.79 Å². The SMILES string of the molecule is O=C1CCc2cc(C3CCCNC3)ccc2N1. The lowest BCUT2D eigenvalue weighted by Crippen LogP contribution is -2.28. The van der Waals surface area contributed by atoms with E-state index in [0.29, 0.717) is 12.3 Å². The van der Waals surface area contributed by atoms with Crippen molar-refractivity contribution in [3.63, 3.8) is 0 Å². The Bertz CT molecular complexity index is 436. The highest BCUT2D eigenvalue weighted by atomic mass is 16.1. The second-order valence-electron chi connectivity index (χ2n) is 5.01. The minimum Gasteiger partial charge on any atom is -0.326 e. The molecule has 17 heavy (non-hydrogen) atoms. The summed E-state index contributed by atoms with van der Waals surface area (Å²) in [4.78, 5) is 11.3. The van der Waals surface area contributed by atoms with Gasteiger partial charge in [-0.25, -0.2) is 0 Å². The molecule has 1 saturated heterocycles. The quantitative estimate of drug-likeness (QED) is 0.775. The summed E-state index contributed by atoms with van der Waals surface area (Å²) in [6.45, 7) is 2.24. The standard InChI is InChI=1S/C14H18N2O/c17-14-6-4-11-8-10(3-5-13(11)16-14)12-2-1-7-15-9-12/h3,5,8,12,15H,1-2,4,6-7,9H2,(H,16,17). The highest BCUT2D eigenvalue weighted by Gasteiger charge is 2.19. The average molecular weight is 230 g/mol. The first-order valence-electron chi connectivity index (χ1n) is 6.46. The van der Waals surface area contributed by atoms with Crippen molar-refractivity contribution in [1.82, 2.24) is 5.32 Å². The predicted octanol–water partition coefficient (Wildman–Crippen LogP) is 2.04. The first-order chi connectivity index (χ1) is 8.33. The van der Waals surface area contributed by atoms with E-state index < -0.39 is 0 Å². The van der Waals surface area contributed by atoms with Crippen LogP contribution in [0.25, 0.3) is 0 Å². The second-order valence-corrected chi connectivity index (χ2v) is 5.01. The molecule has 2 N–H and O–H groups in total. The van der Waals surface area contributed by atoms with Crippen LogP contribution in [0.15, 0.2) is 18.2 Å². The van der Waals surface area contributed by atoms with E-state index in [1.54, 1.807) is 0 Å². The minimum absolute atomic E-state index is 0.143. The van der Waals surface area contributed by atoms with Crippen LogP contribution >= 0.6 is 0 Å². The summed E-state index contributed by atoms with van der Waals surface area (Å²) in [7, 11) is 0. The zero-order chi connectivity index (χ0) is 11.7. The maximum Gasteiger partial charge on any atom is 0.224 e. The molecule has 1 unspecified atom stereocenters. The fraction of sp³-hybridized carbons (Fsp3) is 0.500. The summed E-state index contributed by atoms with van der Waals surface area (Å²) in [5, 5.41) is 6.39. The lowest BCUT2D eigenvalue weighted by Gasteiger charge is -2.25. The molecule has 0 spiro atoms. The second kappa shape index (κ2) is 4.49. The first-order valence-corrected chi connectivity index (χ1v) is 6.46. The van der Waals surface area contributed by atoms with Crippen LogP contribution in [0.4, 0.5) is 5.69 Å². The molecule has 0 saturated carbocycles. The Kier molecular flexibility index (Phi) is 2.85. The monoisotopic (exact) mass is 230 g/mol. The van der Waals surface area contributed by atoms with Crippen LogP contribution in [0, 0.1) is 0 Å². The van der Waals surface area contributed by atoms with Crippen molar-refractivity contribution >= 4 is 11.6 Å². The molecule has 1 aromatic carbocycles. The molecule has 90 valence electrons. The van der Waals surface area contributed by atoms with Gasteiger partial charge in [0.15, 0.2) is 0 Å². The molecule has 0 aromatic heterocycles. The number of carbonyl (C=O) groups excluding carboxylic acids is 1. The van der Waals surface area contributed by atoms with Crippen LogP contribution in [-0.4, -0.2) is 19.0 Å². The number of aryl methyl sites for hydroxylation is 1. The molecule has 3 rings (SSSR count). The van der Waals surface area contributed by atoms with Crippen LogP contribution in [-0.2, 0) is 11.2 Å². The molecule has 2 aliphatic heterocycles. The lowest BCUT2D eigenvalue weighted by molar-refractivity contribution is -0.116. The Hall–Kier alpha value is -1.35. The maximum absolute atomic E-state index is 11.3. The number of benzene rings is 1. The smallest absolute Gasteiger partial charge is 0.224 e. The Morgan fingerprint density at radius 1 is 1.24 bits per heavy atom. The number of carbonyl (C=O) groups is 1. The highest BCUT2D eigenvalue weighted by molar-refractivity contribution is 5.93. The third-order valence-electron chi connectivity index (χ3n) is 3.79. The van der Waals surface area contributed by atoms with Crippen molar-refractivity contribution in [1.29, 1.82) is 0 Å². The summed E-state index contributed by atoms with van der Waals surface area (Å²) in [5.74, 6) is 0.788. The van der Waals surface area contributed by atoms with Gasteiger partial charge in [-0.2, -0.15) is 0 Å². The molecule has 1 fully saturated rings. The topological polar surface area (TPSA) is 41.1 Å². The number of amides is 1. The van der Waals surface area contributed by atoms with E-state index in [-0.39, 0.29) is 5.91 Å². The van der Waals surface area contributed by atoms with Crippen molar-refractivity contribution in [2.45, 2.75) is 31.6 Å². The van der Waals surface area contributed by atoms with Gasteiger partial charge in [0.2, 0.25) is 5.91 Å². The molecule has 0 radical (unpaired) electrons. The van der Waals surface area contributed by atoms with Crippen molar-refractivity contribution in [2.24, 2.45) is 0 Å². The number of piperidine rings is 1. The van der Waals surface area contributed by atoms with Crippen LogP contribution in [0.1, 0.15) is 36.3 Å². The van der Waals surface area contributed by atoms with Crippen LogP contribution < -0.4 is 10.6 Å². The number of anilines is 1. The Labute approximate surface area is 102 Å². The number of rotatable bonds is 1.